The summed E-state index contributed by atoms with van der Waals surface area (Å²) in [5.41, 5.74) is 3.40. The lowest BCUT2D eigenvalue weighted by Gasteiger charge is -2.34. The van der Waals surface area contributed by atoms with E-state index < -0.39 is 0 Å². The van der Waals surface area contributed by atoms with E-state index in [1.54, 1.807) is 50.6 Å². The molecule has 0 aliphatic carbocycles. The van der Waals surface area contributed by atoms with Crippen LogP contribution in [0.15, 0.2) is 24.4 Å². The molecule has 0 spiro atoms. The molecule has 1 N–H and O–H groups in total. The molecule has 11 nitrogen and oxygen atoms in total. The smallest absolute Gasteiger partial charge is 0.272 e. The molecule has 2 aromatic heterocycles. The molecule has 3 aromatic rings. The van der Waals surface area contributed by atoms with Crippen LogP contribution in [0.25, 0.3) is 11.3 Å². The van der Waals surface area contributed by atoms with Gasteiger partial charge in [-0.2, -0.15) is 10.2 Å². The molecule has 1 saturated heterocycles. The average Bonchev–Trinajstić information content (AvgIpc) is 3.59. The summed E-state index contributed by atoms with van der Waals surface area (Å²) in [6, 6.07) is 5.27. The molecule has 36 heavy (non-hydrogen) atoms. The molecule has 11 heteroatoms. The number of carbonyl (C=O) groups excluding carboxylic acids is 2. The van der Waals surface area contributed by atoms with Crippen LogP contribution in [0.1, 0.15) is 39.4 Å². The first-order chi connectivity index (χ1) is 17.5. The molecule has 4 heterocycles. The predicted octanol–water partition coefficient (Wildman–Crippen LogP) is 2.23. The summed E-state index contributed by atoms with van der Waals surface area (Å²) in [5.74, 6) is 1.33. The van der Waals surface area contributed by atoms with E-state index in [1.165, 1.54) is 0 Å². The number of fused-ring (bicyclic) bond motifs is 1. The third kappa shape index (κ3) is 4.25. The highest BCUT2D eigenvalue weighted by atomic mass is 16.5. The average molecular weight is 495 g/mol. The van der Waals surface area contributed by atoms with Crippen molar-refractivity contribution in [1.82, 2.24) is 29.8 Å². The first-order valence-electron chi connectivity index (χ1n) is 12.0. The number of amides is 2. The monoisotopic (exact) mass is 494 g/mol. The number of nitrogens with zero attached hydrogens (tertiary/aromatic N) is 5. The third-order valence-corrected chi connectivity index (χ3v) is 6.84. The SMILES string of the molecule is COc1cc(-c2cc(C(=O)N3CCN(C(=O)c4cnn5c4CCCC5)CC3)[nH]n2)cc(OC)c1OC. The quantitative estimate of drug-likeness (QED) is 0.559. The van der Waals surface area contributed by atoms with E-state index in [2.05, 4.69) is 15.3 Å². The van der Waals surface area contributed by atoms with E-state index in [1.807, 2.05) is 9.58 Å². The van der Waals surface area contributed by atoms with Crippen LogP contribution in [0.5, 0.6) is 17.2 Å². The second-order valence-electron chi connectivity index (χ2n) is 8.85. The van der Waals surface area contributed by atoms with Crippen molar-refractivity contribution in [3.05, 3.63) is 41.3 Å². The summed E-state index contributed by atoms with van der Waals surface area (Å²) in [5, 5.41) is 11.6. The van der Waals surface area contributed by atoms with Crippen LogP contribution in [0.4, 0.5) is 0 Å². The fourth-order valence-electron chi connectivity index (χ4n) is 4.86. The van der Waals surface area contributed by atoms with Crippen molar-refractivity contribution in [3.8, 4) is 28.5 Å². The van der Waals surface area contributed by atoms with Gasteiger partial charge in [-0.1, -0.05) is 0 Å². The van der Waals surface area contributed by atoms with Crippen LogP contribution in [0, 0.1) is 0 Å². The number of hydrogen-bond acceptors (Lipinski definition) is 7. The molecular formula is C25H30N6O5. The lowest BCUT2D eigenvalue weighted by atomic mass is 10.1. The molecule has 0 unspecified atom stereocenters. The minimum atomic E-state index is -0.156. The van der Waals surface area contributed by atoms with Crippen molar-refractivity contribution in [2.45, 2.75) is 25.8 Å². The maximum Gasteiger partial charge on any atom is 0.272 e. The Morgan fingerprint density at radius 1 is 0.861 bits per heavy atom. The Hall–Kier alpha value is -4.02. The zero-order valence-corrected chi connectivity index (χ0v) is 20.7. The number of ether oxygens (including phenoxy) is 3. The van der Waals surface area contributed by atoms with Crippen molar-refractivity contribution in [1.29, 1.82) is 0 Å². The van der Waals surface area contributed by atoms with E-state index in [9.17, 15) is 9.59 Å². The Morgan fingerprint density at radius 3 is 2.17 bits per heavy atom. The summed E-state index contributed by atoms with van der Waals surface area (Å²) in [7, 11) is 4.64. The zero-order valence-electron chi connectivity index (χ0n) is 20.7. The van der Waals surface area contributed by atoms with Gasteiger partial charge in [-0.25, -0.2) is 0 Å². The molecule has 0 saturated carbocycles. The summed E-state index contributed by atoms with van der Waals surface area (Å²) in [4.78, 5) is 29.8. The highest BCUT2D eigenvalue weighted by Gasteiger charge is 2.29. The van der Waals surface area contributed by atoms with Crippen LogP contribution in [-0.4, -0.2) is 89.1 Å². The minimum Gasteiger partial charge on any atom is -0.493 e. The largest absolute Gasteiger partial charge is 0.493 e. The van der Waals surface area contributed by atoms with Crippen LogP contribution in [0.2, 0.25) is 0 Å². The van der Waals surface area contributed by atoms with Crippen molar-refractivity contribution < 1.29 is 23.8 Å². The molecule has 5 rings (SSSR count). The first kappa shape index (κ1) is 23.7. The Balaban J connectivity index is 1.26. The maximum atomic E-state index is 13.2. The molecule has 2 aliphatic heterocycles. The highest BCUT2D eigenvalue weighted by molar-refractivity contribution is 5.96. The molecule has 0 bridgehead atoms. The Kier molecular flexibility index (Phi) is 6.53. The van der Waals surface area contributed by atoms with E-state index >= 15 is 0 Å². The topological polar surface area (TPSA) is 115 Å². The van der Waals surface area contributed by atoms with Gasteiger partial charge in [-0.05, 0) is 37.5 Å². The second-order valence-corrected chi connectivity index (χ2v) is 8.85. The van der Waals surface area contributed by atoms with Gasteiger partial charge in [0.25, 0.3) is 11.8 Å². The minimum absolute atomic E-state index is 0.00326. The highest BCUT2D eigenvalue weighted by Crippen LogP contribution is 2.40. The number of aromatic nitrogens is 4. The van der Waals surface area contributed by atoms with Crippen LogP contribution < -0.4 is 14.2 Å². The van der Waals surface area contributed by atoms with E-state index in [0.29, 0.717) is 60.4 Å². The van der Waals surface area contributed by atoms with Gasteiger partial charge in [0.15, 0.2) is 11.5 Å². The molecule has 1 aromatic carbocycles. The molecule has 190 valence electrons. The molecule has 2 aliphatic rings. The van der Waals surface area contributed by atoms with Gasteiger partial charge >= 0.3 is 0 Å². The number of rotatable bonds is 6. The molecule has 0 atom stereocenters. The van der Waals surface area contributed by atoms with Gasteiger partial charge in [-0.15, -0.1) is 0 Å². The second kappa shape index (κ2) is 9.92. The summed E-state index contributed by atoms with van der Waals surface area (Å²) in [6.45, 7) is 2.72. The standard InChI is InChI=1S/C25H30N6O5/c1-34-21-12-16(13-22(35-2)23(21)36-3)18-14-19(28-27-18)25(33)30-10-8-29(9-11-30)24(32)17-15-26-31-7-5-4-6-20(17)31/h12-15H,4-11H2,1-3H3,(H,27,28). The van der Waals surface area contributed by atoms with Gasteiger partial charge in [0.05, 0.1) is 44.5 Å². The number of aromatic amines is 1. The van der Waals surface area contributed by atoms with Crippen LogP contribution in [0.3, 0.4) is 0 Å². The lowest BCUT2D eigenvalue weighted by Crippen LogP contribution is -2.50. The zero-order chi connectivity index (χ0) is 25.2. The number of nitrogens with one attached hydrogen (secondary N) is 1. The number of piperazine rings is 1. The lowest BCUT2D eigenvalue weighted by molar-refractivity contribution is 0.0531. The van der Waals surface area contributed by atoms with Gasteiger partial charge in [0.1, 0.15) is 5.69 Å². The van der Waals surface area contributed by atoms with Crippen molar-refractivity contribution in [2.75, 3.05) is 47.5 Å². The molecule has 2 amide bonds. The van der Waals surface area contributed by atoms with Gasteiger partial charge in [0.2, 0.25) is 5.75 Å². The van der Waals surface area contributed by atoms with Crippen LogP contribution in [-0.2, 0) is 13.0 Å². The Labute approximate surface area is 208 Å². The first-order valence-corrected chi connectivity index (χ1v) is 12.0. The van der Waals surface area contributed by atoms with E-state index in [4.69, 9.17) is 14.2 Å². The van der Waals surface area contributed by atoms with Gasteiger partial charge < -0.3 is 24.0 Å². The normalized spacial score (nSPS) is 15.4. The van der Waals surface area contributed by atoms with Gasteiger partial charge in [-0.3, -0.25) is 19.4 Å². The van der Waals surface area contributed by atoms with Crippen molar-refractivity contribution in [3.63, 3.8) is 0 Å². The fraction of sp³-hybridized carbons (Fsp3) is 0.440. The predicted molar refractivity (Wildman–Crippen MR) is 131 cm³/mol. The number of benzene rings is 1. The Bertz CT molecular complexity index is 1250. The molecule has 1 fully saturated rings. The summed E-state index contributed by atoms with van der Waals surface area (Å²) >= 11 is 0. The molecule has 0 radical (unpaired) electrons. The number of H-pyrrole nitrogens is 1. The fourth-order valence-corrected chi connectivity index (χ4v) is 4.86. The number of methoxy groups -OCH3 is 3. The van der Waals surface area contributed by atoms with Gasteiger partial charge in [0, 0.05) is 38.3 Å². The van der Waals surface area contributed by atoms with Crippen LogP contribution >= 0.6 is 0 Å². The number of carbonyl (C=O) groups is 2. The Morgan fingerprint density at radius 2 is 1.53 bits per heavy atom. The third-order valence-electron chi connectivity index (χ3n) is 6.84. The number of aryl methyl sites for hydroxylation is 1. The molecular weight excluding hydrogens is 464 g/mol. The van der Waals surface area contributed by atoms with Crippen molar-refractivity contribution >= 4 is 11.8 Å². The number of hydrogen-bond donors (Lipinski definition) is 1. The van der Waals surface area contributed by atoms with E-state index in [-0.39, 0.29) is 11.8 Å². The maximum absolute atomic E-state index is 13.2. The van der Waals surface area contributed by atoms with Crippen molar-refractivity contribution in [2.24, 2.45) is 0 Å². The van der Waals surface area contributed by atoms with E-state index in [0.717, 1.165) is 37.1 Å². The summed E-state index contributed by atoms with van der Waals surface area (Å²) in [6.07, 6.45) is 4.75. The summed E-state index contributed by atoms with van der Waals surface area (Å²) < 4.78 is 18.2.